The Labute approximate surface area is 163 Å². The molecule has 0 fully saturated rings. The van der Waals surface area contributed by atoms with Crippen LogP contribution in [0, 0.1) is 5.92 Å². The maximum atomic E-state index is 12.0. The summed E-state index contributed by atoms with van der Waals surface area (Å²) in [5.74, 6) is 1.99. The van der Waals surface area contributed by atoms with Gasteiger partial charge < -0.3 is 15.2 Å². The zero-order valence-corrected chi connectivity index (χ0v) is 17.6. The fourth-order valence-corrected chi connectivity index (χ4v) is 3.61. The van der Waals surface area contributed by atoms with Crippen molar-refractivity contribution in [2.75, 3.05) is 11.5 Å². The molecule has 0 saturated heterocycles. The first-order valence-corrected chi connectivity index (χ1v) is 10.6. The molecule has 0 heterocycles. The number of aryl methyl sites for hydroxylation is 1. The number of ether oxygens (including phenoxy) is 1. The summed E-state index contributed by atoms with van der Waals surface area (Å²) in [5.41, 5.74) is 0.807. The van der Waals surface area contributed by atoms with Crippen molar-refractivity contribution in [1.29, 1.82) is 0 Å². The van der Waals surface area contributed by atoms with Gasteiger partial charge in [-0.25, -0.2) is 4.79 Å². The molecule has 5 heteroatoms. The number of hydrogen-bond acceptors (Lipinski definition) is 4. The lowest BCUT2D eigenvalue weighted by Gasteiger charge is -2.27. The van der Waals surface area contributed by atoms with Gasteiger partial charge in [-0.15, -0.1) is 0 Å². The fraction of sp³-hybridized carbons (Fsp3) is 0.667. The Bertz CT molecular complexity index is 514. The Morgan fingerprint density at radius 1 is 1.23 bits per heavy atom. The Morgan fingerprint density at radius 3 is 2.46 bits per heavy atom. The number of carbonyl (C=O) groups excluding carboxylic acids is 1. The highest BCUT2D eigenvalue weighted by molar-refractivity contribution is 7.99. The Kier molecular flexibility index (Phi) is 10.1. The average Bonchev–Trinajstić information content (AvgIpc) is 2.52. The number of rotatable bonds is 10. The number of benzene rings is 1. The highest BCUT2D eigenvalue weighted by atomic mass is 32.2. The van der Waals surface area contributed by atoms with Gasteiger partial charge in [0.15, 0.2) is 0 Å². The zero-order chi connectivity index (χ0) is 19.6. The molecule has 0 aromatic heterocycles. The fourth-order valence-electron chi connectivity index (χ4n) is 2.62. The second-order valence-corrected chi connectivity index (χ2v) is 9.26. The number of thioether (sulfide) groups is 1. The minimum atomic E-state index is -0.577. The van der Waals surface area contributed by atoms with Crippen LogP contribution in [0.4, 0.5) is 4.79 Å². The molecule has 1 rings (SSSR count). The van der Waals surface area contributed by atoms with Crippen LogP contribution in [0.15, 0.2) is 30.3 Å². The first-order valence-electron chi connectivity index (χ1n) is 9.46. The molecular formula is C21H35NO3S. The van der Waals surface area contributed by atoms with E-state index in [2.05, 4.69) is 43.4 Å². The molecule has 4 nitrogen and oxygen atoms in total. The van der Waals surface area contributed by atoms with E-state index in [-0.39, 0.29) is 6.04 Å². The number of nitrogens with one attached hydrogen (secondary N) is 1. The van der Waals surface area contributed by atoms with Crippen LogP contribution in [0.3, 0.4) is 0 Å². The molecule has 0 spiro atoms. The smallest absolute Gasteiger partial charge is 0.407 e. The Balaban J connectivity index is 2.37. The summed E-state index contributed by atoms with van der Waals surface area (Å²) in [6, 6.07) is 10.1. The van der Waals surface area contributed by atoms with E-state index >= 15 is 0 Å². The van der Waals surface area contributed by atoms with Gasteiger partial charge in [-0.2, -0.15) is 11.8 Å². The third kappa shape index (κ3) is 10.7. The lowest BCUT2D eigenvalue weighted by Crippen LogP contribution is -2.47. The number of alkyl carbamates (subject to hydrolysis) is 1. The van der Waals surface area contributed by atoms with Gasteiger partial charge in [-0.3, -0.25) is 0 Å². The second kappa shape index (κ2) is 11.5. The van der Waals surface area contributed by atoms with Crippen molar-refractivity contribution in [1.82, 2.24) is 5.32 Å². The van der Waals surface area contributed by atoms with Gasteiger partial charge in [0, 0.05) is 5.75 Å². The van der Waals surface area contributed by atoms with Crippen LogP contribution < -0.4 is 5.32 Å². The van der Waals surface area contributed by atoms with E-state index in [0.717, 1.165) is 25.0 Å². The third-order valence-electron chi connectivity index (χ3n) is 3.78. The van der Waals surface area contributed by atoms with E-state index in [4.69, 9.17) is 4.74 Å². The topological polar surface area (TPSA) is 58.6 Å². The van der Waals surface area contributed by atoms with E-state index in [1.807, 2.05) is 26.8 Å². The van der Waals surface area contributed by atoms with E-state index in [1.165, 1.54) is 5.56 Å². The monoisotopic (exact) mass is 381 g/mol. The quantitative estimate of drug-likeness (QED) is 0.579. The predicted molar refractivity (Wildman–Crippen MR) is 111 cm³/mol. The highest BCUT2D eigenvalue weighted by Crippen LogP contribution is 2.16. The van der Waals surface area contributed by atoms with Crippen LogP contribution in [-0.4, -0.2) is 40.5 Å². The van der Waals surface area contributed by atoms with Crippen LogP contribution in [0.1, 0.15) is 53.0 Å². The summed E-state index contributed by atoms with van der Waals surface area (Å²) in [6.45, 7) is 9.68. The van der Waals surface area contributed by atoms with Crippen molar-refractivity contribution >= 4 is 17.9 Å². The van der Waals surface area contributed by atoms with Crippen LogP contribution in [0.25, 0.3) is 0 Å². The SMILES string of the molecule is CC(C)CC(NC(=O)OC(C)(C)C)C(O)CSCCCc1ccccc1. The number of aliphatic hydroxyl groups excluding tert-OH is 1. The van der Waals surface area contributed by atoms with Gasteiger partial charge in [-0.05, 0) is 57.3 Å². The van der Waals surface area contributed by atoms with Crippen LogP contribution in [0.5, 0.6) is 0 Å². The molecule has 1 amide bonds. The normalized spacial score (nSPS) is 14.1. The summed E-state index contributed by atoms with van der Waals surface area (Å²) in [6.07, 6.45) is 1.82. The van der Waals surface area contributed by atoms with E-state index in [9.17, 15) is 9.90 Å². The highest BCUT2D eigenvalue weighted by Gasteiger charge is 2.25. The summed E-state index contributed by atoms with van der Waals surface area (Å²) in [5, 5.41) is 13.4. The minimum absolute atomic E-state index is 0.286. The molecular weight excluding hydrogens is 346 g/mol. The molecule has 2 unspecified atom stereocenters. The summed E-state index contributed by atoms with van der Waals surface area (Å²) >= 11 is 1.73. The first-order chi connectivity index (χ1) is 12.2. The summed E-state index contributed by atoms with van der Waals surface area (Å²) < 4.78 is 5.32. The molecule has 148 valence electrons. The standard InChI is InChI=1S/C21H35NO3S/c1-16(2)14-18(22-20(24)25-21(3,4)5)19(23)15-26-13-9-12-17-10-7-6-8-11-17/h6-8,10-11,16,18-19,23H,9,12-15H2,1-5H3,(H,22,24). The maximum Gasteiger partial charge on any atom is 0.407 e. The van der Waals surface area contributed by atoms with Gasteiger partial charge >= 0.3 is 6.09 Å². The molecule has 0 aliphatic heterocycles. The lowest BCUT2D eigenvalue weighted by atomic mass is 10.0. The van der Waals surface area contributed by atoms with Gasteiger partial charge in [0.1, 0.15) is 5.60 Å². The molecule has 0 aliphatic carbocycles. The number of carbonyl (C=O) groups is 1. The van der Waals surface area contributed by atoms with Gasteiger partial charge in [0.2, 0.25) is 0 Å². The molecule has 0 saturated carbocycles. The van der Waals surface area contributed by atoms with Crippen LogP contribution in [-0.2, 0) is 11.2 Å². The van der Waals surface area contributed by atoms with Crippen molar-refractivity contribution < 1.29 is 14.6 Å². The number of aliphatic hydroxyl groups is 1. The average molecular weight is 382 g/mol. The van der Waals surface area contributed by atoms with Crippen molar-refractivity contribution in [3.8, 4) is 0 Å². The van der Waals surface area contributed by atoms with E-state index in [0.29, 0.717) is 11.7 Å². The van der Waals surface area contributed by atoms with Crippen molar-refractivity contribution in [2.24, 2.45) is 5.92 Å². The number of amides is 1. The third-order valence-corrected chi connectivity index (χ3v) is 4.93. The van der Waals surface area contributed by atoms with Gasteiger partial charge in [0.25, 0.3) is 0 Å². The van der Waals surface area contributed by atoms with E-state index in [1.54, 1.807) is 11.8 Å². The van der Waals surface area contributed by atoms with Crippen LogP contribution in [0.2, 0.25) is 0 Å². The molecule has 0 radical (unpaired) electrons. The molecule has 0 aliphatic rings. The van der Waals surface area contributed by atoms with Crippen molar-refractivity contribution in [2.45, 2.75) is 71.6 Å². The molecule has 2 N–H and O–H groups in total. The Morgan fingerprint density at radius 2 is 1.88 bits per heavy atom. The zero-order valence-electron chi connectivity index (χ0n) is 16.8. The van der Waals surface area contributed by atoms with Crippen LogP contribution >= 0.6 is 11.8 Å². The van der Waals surface area contributed by atoms with Gasteiger partial charge in [0.05, 0.1) is 12.1 Å². The predicted octanol–water partition coefficient (Wildman–Crippen LogP) is 4.65. The molecule has 0 bridgehead atoms. The minimum Gasteiger partial charge on any atom is -0.444 e. The Hall–Kier alpha value is -1.20. The van der Waals surface area contributed by atoms with Gasteiger partial charge in [-0.1, -0.05) is 44.2 Å². The lowest BCUT2D eigenvalue weighted by molar-refractivity contribution is 0.0426. The second-order valence-electron chi connectivity index (χ2n) is 8.11. The maximum absolute atomic E-state index is 12.0. The molecule has 2 atom stereocenters. The summed E-state index contributed by atoms with van der Waals surface area (Å²) in [4.78, 5) is 12.0. The van der Waals surface area contributed by atoms with Crippen molar-refractivity contribution in [3.63, 3.8) is 0 Å². The van der Waals surface area contributed by atoms with Crippen molar-refractivity contribution in [3.05, 3.63) is 35.9 Å². The largest absolute Gasteiger partial charge is 0.444 e. The molecule has 1 aromatic carbocycles. The molecule has 1 aromatic rings. The molecule has 26 heavy (non-hydrogen) atoms. The first kappa shape index (κ1) is 22.8. The number of hydrogen-bond donors (Lipinski definition) is 2. The summed E-state index contributed by atoms with van der Waals surface area (Å²) in [7, 11) is 0. The van der Waals surface area contributed by atoms with E-state index < -0.39 is 17.8 Å².